The zero-order valence-electron chi connectivity index (χ0n) is 15.4. The predicted octanol–water partition coefficient (Wildman–Crippen LogP) is 0.989. The van der Waals surface area contributed by atoms with Crippen molar-refractivity contribution in [1.29, 1.82) is 0 Å². The van der Waals surface area contributed by atoms with E-state index in [2.05, 4.69) is 15.6 Å². The molecule has 0 heterocycles. The number of para-hydroxylation sites is 1. The fourth-order valence-corrected chi connectivity index (χ4v) is 2.38. The lowest BCUT2D eigenvalue weighted by Gasteiger charge is -2.18. The molecular formula is C17H29N3O4S. The molecule has 0 aliphatic carbocycles. The first kappa shape index (κ1) is 21.2. The molecule has 0 amide bonds. The van der Waals surface area contributed by atoms with Crippen LogP contribution in [0.5, 0.6) is 5.75 Å². The number of sulfone groups is 1. The molecule has 142 valence electrons. The van der Waals surface area contributed by atoms with Crippen molar-refractivity contribution in [2.24, 2.45) is 4.99 Å². The van der Waals surface area contributed by atoms with E-state index in [-0.39, 0.29) is 18.5 Å². The molecule has 8 heteroatoms. The molecule has 0 fully saturated rings. The van der Waals surface area contributed by atoms with Gasteiger partial charge in [-0.1, -0.05) is 18.2 Å². The summed E-state index contributed by atoms with van der Waals surface area (Å²) >= 11 is 0. The molecule has 1 atom stereocenters. The number of aryl methyl sites for hydroxylation is 1. The van der Waals surface area contributed by atoms with E-state index < -0.39 is 9.84 Å². The molecule has 0 aliphatic rings. The van der Waals surface area contributed by atoms with E-state index in [1.165, 1.54) is 6.26 Å². The van der Waals surface area contributed by atoms with Crippen molar-refractivity contribution < 1.29 is 17.9 Å². The Hall–Kier alpha value is -1.80. The van der Waals surface area contributed by atoms with Crippen molar-refractivity contribution in [1.82, 2.24) is 10.6 Å². The normalized spacial score (nSPS) is 13.4. The minimum Gasteiger partial charge on any atom is -0.489 e. The van der Waals surface area contributed by atoms with Crippen LogP contribution in [-0.2, 0) is 14.6 Å². The maximum atomic E-state index is 11.0. The molecule has 25 heavy (non-hydrogen) atoms. The van der Waals surface area contributed by atoms with Crippen molar-refractivity contribution in [3.8, 4) is 5.75 Å². The van der Waals surface area contributed by atoms with Crippen LogP contribution in [0.3, 0.4) is 0 Å². The summed E-state index contributed by atoms with van der Waals surface area (Å²) in [6.45, 7) is 5.75. The highest BCUT2D eigenvalue weighted by molar-refractivity contribution is 7.90. The molecule has 0 aromatic heterocycles. The smallest absolute Gasteiger partial charge is 0.191 e. The largest absolute Gasteiger partial charge is 0.489 e. The average Bonchev–Trinajstić information content (AvgIpc) is 2.54. The topological polar surface area (TPSA) is 89.0 Å². The Bertz CT molecular complexity index is 647. The van der Waals surface area contributed by atoms with Crippen LogP contribution >= 0.6 is 0 Å². The Labute approximate surface area is 150 Å². The van der Waals surface area contributed by atoms with Crippen molar-refractivity contribution in [2.75, 3.05) is 45.4 Å². The second-order valence-electron chi connectivity index (χ2n) is 5.82. The van der Waals surface area contributed by atoms with Gasteiger partial charge in [-0.25, -0.2) is 8.42 Å². The maximum Gasteiger partial charge on any atom is 0.191 e. The highest BCUT2D eigenvalue weighted by Crippen LogP contribution is 2.17. The Kier molecular flexibility index (Phi) is 9.30. The highest BCUT2D eigenvalue weighted by Gasteiger charge is 2.07. The predicted molar refractivity (Wildman–Crippen MR) is 101 cm³/mol. The summed E-state index contributed by atoms with van der Waals surface area (Å²) in [7, 11) is -1.29. The number of guanidine groups is 1. The number of nitrogens with zero attached hydrogens (tertiary/aromatic N) is 1. The third kappa shape index (κ3) is 9.93. The van der Waals surface area contributed by atoms with E-state index in [1.807, 2.05) is 38.1 Å². The van der Waals surface area contributed by atoms with Gasteiger partial charge in [-0.2, -0.15) is 0 Å². The Morgan fingerprint density at radius 1 is 1.24 bits per heavy atom. The number of benzene rings is 1. The van der Waals surface area contributed by atoms with Crippen LogP contribution in [0.2, 0.25) is 0 Å². The summed E-state index contributed by atoms with van der Waals surface area (Å²) < 4.78 is 33.1. The molecule has 7 nitrogen and oxygen atoms in total. The van der Waals surface area contributed by atoms with Crippen LogP contribution in [0, 0.1) is 6.92 Å². The van der Waals surface area contributed by atoms with Crippen molar-refractivity contribution >= 4 is 15.8 Å². The van der Waals surface area contributed by atoms with Crippen LogP contribution in [0.4, 0.5) is 0 Å². The fourth-order valence-electron chi connectivity index (χ4n) is 1.96. The summed E-state index contributed by atoms with van der Waals surface area (Å²) in [5, 5.41) is 6.29. The Morgan fingerprint density at radius 3 is 2.60 bits per heavy atom. The summed E-state index contributed by atoms with van der Waals surface area (Å²) in [5.74, 6) is 1.55. The van der Waals surface area contributed by atoms with E-state index in [0.717, 1.165) is 11.3 Å². The number of hydrogen-bond acceptors (Lipinski definition) is 5. The van der Waals surface area contributed by atoms with Gasteiger partial charge in [-0.05, 0) is 25.5 Å². The van der Waals surface area contributed by atoms with Gasteiger partial charge < -0.3 is 20.1 Å². The lowest BCUT2D eigenvalue weighted by molar-refractivity contribution is 0.154. The minimum absolute atomic E-state index is 0.0225. The molecule has 0 spiro atoms. The second kappa shape index (κ2) is 10.9. The van der Waals surface area contributed by atoms with Gasteiger partial charge in [0.1, 0.15) is 21.7 Å². The first-order valence-corrected chi connectivity index (χ1v) is 10.3. The number of aliphatic imine (C=N–C) groups is 1. The first-order chi connectivity index (χ1) is 11.8. The van der Waals surface area contributed by atoms with E-state index in [4.69, 9.17) is 9.47 Å². The first-order valence-electron chi connectivity index (χ1n) is 8.24. The van der Waals surface area contributed by atoms with Gasteiger partial charge >= 0.3 is 0 Å². The zero-order valence-corrected chi connectivity index (χ0v) is 16.2. The summed E-state index contributed by atoms with van der Waals surface area (Å²) in [4.78, 5) is 4.13. The molecular weight excluding hydrogens is 342 g/mol. The van der Waals surface area contributed by atoms with E-state index in [9.17, 15) is 8.42 Å². The molecule has 1 rings (SSSR count). The molecule has 2 N–H and O–H groups in total. The fraction of sp³-hybridized carbons (Fsp3) is 0.588. The molecule has 1 aromatic rings. The zero-order chi connectivity index (χ0) is 18.7. The quantitative estimate of drug-likeness (QED) is 0.362. The van der Waals surface area contributed by atoms with Gasteiger partial charge in [0, 0.05) is 19.8 Å². The van der Waals surface area contributed by atoms with Gasteiger partial charge in [0.05, 0.1) is 25.5 Å². The third-order valence-corrected chi connectivity index (χ3v) is 4.25. The van der Waals surface area contributed by atoms with Crippen molar-refractivity contribution in [3.63, 3.8) is 0 Å². The maximum absolute atomic E-state index is 11.0. The Balaban J connectivity index is 2.22. The molecule has 0 aliphatic heterocycles. The average molecular weight is 372 g/mol. The molecule has 1 unspecified atom stereocenters. The van der Waals surface area contributed by atoms with Crippen LogP contribution in [0.25, 0.3) is 0 Å². The summed E-state index contributed by atoms with van der Waals surface area (Å²) in [5.41, 5.74) is 1.10. The highest BCUT2D eigenvalue weighted by atomic mass is 32.2. The molecule has 0 bridgehead atoms. The van der Waals surface area contributed by atoms with Crippen molar-refractivity contribution in [3.05, 3.63) is 29.8 Å². The lowest BCUT2D eigenvalue weighted by Crippen LogP contribution is -2.43. The van der Waals surface area contributed by atoms with Crippen LogP contribution in [-0.4, -0.2) is 65.8 Å². The summed E-state index contributed by atoms with van der Waals surface area (Å²) in [6, 6.07) is 7.90. The van der Waals surface area contributed by atoms with Crippen LogP contribution < -0.4 is 15.4 Å². The van der Waals surface area contributed by atoms with Gasteiger partial charge in [-0.15, -0.1) is 0 Å². The molecule has 0 saturated heterocycles. The standard InChI is InChI=1S/C17H29N3O4S/c1-14-7-5-6-8-16(14)24-15(2)13-20-17(18-3)19-9-10-23-11-12-25(4,21)22/h5-8,15H,9-13H2,1-4H3,(H2,18,19,20). The Morgan fingerprint density at radius 2 is 1.96 bits per heavy atom. The SMILES string of the molecule is CN=C(NCCOCCS(C)(=O)=O)NCC(C)Oc1ccccc1C. The second-order valence-corrected chi connectivity index (χ2v) is 8.08. The van der Waals surface area contributed by atoms with E-state index >= 15 is 0 Å². The van der Waals surface area contributed by atoms with Crippen LogP contribution in [0.1, 0.15) is 12.5 Å². The molecule has 1 aromatic carbocycles. The van der Waals surface area contributed by atoms with E-state index in [1.54, 1.807) is 7.05 Å². The van der Waals surface area contributed by atoms with Gasteiger partial charge in [-0.3, -0.25) is 4.99 Å². The lowest BCUT2D eigenvalue weighted by atomic mass is 10.2. The number of nitrogens with one attached hydrogen (secondary N) is 2. The molecule has 0 radical (unpaired) electrons. The summed E-state index contributed by atoms with van der Waals surface area (Å²) in [6.07, 6.45) is 1.17. The van der Waals surface area contributed by atoms with E-state index in [0.29, 0.717) is 25.7 Å². The van der Waals surface area contributed by atoms with Crippen molar-refractivity contribution in [2.45, 2.75) is 20.0 Å². The number of rotatable bonds is 10. The van der Waals surface area contributed by atoms with Crippen LogP contribution in [0.15, 0.2) is 29.3 Å². The third-order valence-electron chi connectivity index (χ3n) is 3.34. The number of ether oxygens (including phenoxy) is 2. The van der Waals surface area contributed by atoms with Gasteiger partial charge in [0.25, 0.3) is 0 Å². The minimum atomic E-state index is -2.97. The monoisotopic (exact) mass is 371 g/mol. The molecule has 0 saturated carbocycles. The van der Waals surface area contributed by atoms with Gasteiger partial charge in [0.2, 0.25) is 0 Å². The number of hydrogen-bond donors (Lipinski definition) is 2. The van der Waals surface area contributed by atoms with Gasteiger partial charge in [0.15, 0.2) is 5.96 Å².